The fourth-order valence-corrected chi connectivity index (χ4v) is 1.78. The van der Waals surface area contributed by atoms with E-state index in [4.69, 9.17) is 0 Å². The largest absolute Gasteiger partial charge is 0.302 e. The molecule has 2 amide bonds. The predicted octanol–water partition coefficient (Wildman–Crippen LogP) is 4.97. The lowest BCUT2D eigenvalue weighted by Gasteiger charge is -2.13. The second kappa shape index (κ2) is 13.6. The molecule has 0 aromatic heterocycles. The molecule has 1 fully saturated rings. The fraction of sp³-hybridized carbons (Fsp3) is 0.550. The van der Waals surface area contributed by atoms with Gasteiger partial charge in [-0.15, -0.1) is 0 Å². The topological polar surface area (TPSA) is 54.5 Å². The second-order valence-electron chi connectivity index (χ2n) is 5.43. The van der Waals surface area contributed by atoms with E-state index >= 15 is 0 Å². The van der Waals surface area contributed by atoms with Gasteiger partial charge in [0, 0.05) is 12.3 Å². The normalized spacial score (nSPS) is 15.8. The lowest BCUT2D eigenvalue weighted by atomic mass is 10.1. The van der Waals surface area contributed by atoms with Crippen molar-refractivity contribution in [3.63, 3.8) is 0 Å². The number of rotatable bonds is 3. The Morgan fingerprint density at radius 2 is 1.56 bits per heavy atom. The third kappa shape index (κ3) is 8.87. The smallest absolute Gasteiger partial charge is 0.237 e. The van der Waals surface area contributed by atoms with Crippen molar-refractivity contribution in [2.75, 3.05) is 11.2 Å². The van der Waals surface area contributed by atoms with Gasteiger partial charge < -0.3 is 4.79 Å². The lowest BCUT2D eigenvalue weighted by Crippen LogP contribution is -2.29. The molecule has 0 spiro atoms. The molecule has 1 atom stereocenters. The van der Waals surface area contributed by atoms with Crippen LogP contribution in [-0.2, 0) is 14.4 Å². The summed E-state index contributed by atoms with van der Waals surface area (Å²) in [7, 11) is 0. The summed E-state index contributed by atoms with van der Waals surface area (Å²) in [5, 5.41) is 0. The minimum absolute atomic E-state index is 0.0961. The molecule has 5 heteroatoms. The predicted molar refractivity (Wildman–Crippen MR) is 109 cm³/mol. The second-order valence-corrected chi connectivity index (χ2v) is 6.89. The summed E-state index contributed by atoms with van der Waals surface area (Å²) < 4.78 is -0.181. The Balaban J connectivity index is 0. The number of anilines is 1. The van der Waals surface area contributed by atoms with E-state index in [0.29, 0.717) is 12.1 Å². The molecular formula is C20H33NO3S. The first-order chi connectivity index (χ1) is 11.8. The monoisotopic (exact) mass is 367 g/mol. The van der Waals surface area contributed by atoms with Crippen LogP contribution in [0.25, 0.3) is 0 Å². The summed E-state index contributed by atoms with van der Waals surface area (Å²) >= 11 is 1.56. The molecule has 142 valence electrons. The van der Waals surface area contributed by atoms with E-state index in [1.165, 1.54) is 4.90 Å². The summed E-state index contributed by atoms with van der Waals surface area (Å²) in [5.41, 5.74) is 0.673. The first-order valence-corrected chi connectivity index (χ1v) is 9.98. The van der Waals surface area contributed by atoms with Gasteiger partial charge in [0.1, 0.15) is 6.29 Å². The molecule has 2 rings (SSSR count). The van der Waals surface area contributed by atoms with Gasteiger partial charge in [0.25, 0.3) is 0 Å². The van der Waals surface area contributed by atoms with Crippen molar-refractivity contribution in [3.05, 3.63) is 30.3 Å². The summed E-state index contributed by atoms with van der Waals surface area (Å²) in [4.78, 5) is 34.4. The first kappa shape index (κ1) is 25.6. The highest BCUT2D eigenvalue weighted by molar-refractivity contribution is 8.00. The number of thioether (sulfide) groups is 1. The van der Waals surface area contributed by atoms with Crippen LogP contribution in [0.15, 0.2) is 30.3 Å². The van der Waals surface area contributed by atoms with Crippen molar-refractivity contribution in [1.29, 1.82) is 0 Å². The van der Waals surface area contributed by atoms with Crippen LogP contribution in [-0.4, -0.2) is 29.1 Å². The van der Waals surface area contributed by atoms with E-state index in [1.807, 2.05) is 66.0 Å². The number of hydrogen-bond acceptors (Lipinski definition) is 4. The quantitative estimate of drug-likeness (QED) is 0.559. The van der Waals surface area contributed by atoms with Crippen LogP contribution in [0.3, 0.4) is 0 Å². The highest BCUT2D eigenvalue weighted by Crippen LogP contribution is 2.25. The zero-order chi connectivity index (χ0) is 20.0. The van der Waals surface area contributed by atoms with Crippen LogP contribution in [0, 0.1) is 5.92 Å². The number of hydrogen-bond donors (Lipinski definition) is 0. The van der Waals surface area contributed by atoms with Gasteiger partial charge >= 0.3 is 0 Å². The summed E-state index contributed by atoms with van der Waals surface area (Å²) in [5.74, 6) is -0.377. The van der Waals surface area contributed by atoms with Gasteiger partial charge in [0.05, 0.1) is 10.4 Å². The molecule has 0 saturated carbocycles. The maximum absolute atomic E-state index is 11.6. The summed E-state index contributed by atoms with van der Waals surface area (Å²) in [6.45, 7) is 13.6. The van der Waals surface area contributed by atoms with Crippen molar-refractivity contribution in [2.45, 2.75) is 59.6 Å². The summed E-state index contributed by atoms with van der Waals surface area (Å²) in [6, 6.07) is 9.04. The fourth-order valence-electron chi connectivity index (χ4n) is 1.68. The number of imide groups is 1. The maximum Gasteiger partial charge on any atom is 0.237 e. The van der Waals surface area contributed by atoms with Gasteiger partial charge in [0.15, 0.2) is 0 Å². The van der Waals surface area contributed by atoms with E-state index in [0.717, 1.165) is 6.29 Å². The van der Waals surface area contributed by atoms with Crippen LogP contribution in [0.1, 0.15) is 54.9 Å². The average molecular weight is 368 g/mol. The molecule has 1 aliphatic heterocycles. The Hall–Kier alpha value is -1.62. The number of carbonyl (C=O) groups excluding carboxylic acids is 3. The number of benzene rings is 1. The van der Waals surface area contributed by atoms with Gasteiger partial charge in [0.2, 0.25) is 11.8 Å². The number of carbonyl (C=O) groups is 3. The molecule has 1 aliphatic rings. The Morgan fingerprint density at radius 3 is 1.84 bits per heavy atom. The standard InChI is InChI=1S/C11H11NO2.C5H10OS.2C2H6/c1-8-7-10(13)12(11(8)14)9-5-3-2-4-6-9;1-5(2,4-6)7-3;2*1-2/h2-6,8H,7H2,1H3;4H,1-3H3;2*1-2H3. The van der Waals surface area contributed by atoms with E-state index < -0.39 is 0 Å². The van der Waals surface area contributed by atoms with Crippen molar-refractivity contribution in [1.82, 2.24) is 0 Å². The van der Waals surface area contributed by atoms with Gasteiger partial charge in [-0.2, -0.15) is 11.8 Å². The SMILES string of the molecule is CC.CC.CC1CC(=O)N(c2ccccc2)C1=O.CSC(C)(C)C=O. The number of amides is 2. The highest BCUT2D eigenvalue weighted by Gasteiger charge is 2.36. The van der Waals surface area contributed by atoms with Crippen molar-refractivity contribution in [3.8, 4) is 0 Å². The molecule has 1 aromatic carbocycles. The number of aldehydes is 1. The van der Waals surface area contributed by atoms with Crippen LogP contribution >= 0.6 is 11.8 Å². The van der Waals surface area contributed by atoms with Crippen molar-refractivity contribution < 1.29 is 14.4 Å². The minimum Gasteiger partial charge on any atom is -0.302 e. The molecule has 1 saturated heterocycles. The molecular weight excluding hydrogens is 334 g/mol. The minimum atomic E-state index is -0.181. The molecule has 0 bridgehead atoms. The Labute approximate surface area is 157 Å². The van der Waals surface area contributed by atoms with E-state index in [9.17, 15) is 14.4 Å². The summed E-state index contributed by atoms with van der Waals surface area (Å²) in [6.07, 6.45) is 3.21. The van der Waals surface area contributed by atoms with Crippen molar-refractivity contribution in [2.24, 2.45) is 5.92 Å². The molecule has 0 radical (unpaired) electrons. The molecule has 1 aromatic rings. The number of para-hydroxylation sites is 1. The van der Waals surface area contributed by atoms with Gasteiger partial charge in [-0.1, -0.05) is 52.8 Å². The van der Waals surface area contributed by atoms with Crippen molar-refractivity contribution >= 4 is 35.5 Å². The molecule has 0 aliphatic carbocycles. The first-order valence-electron chi connectivity index (χ1n) is 8.75. The molecule has 4 nitrogen and oxygen atoms in total. The number of nitrogens with zero attached hydrogens (tertiary/aromatic N) is 1. The van der Waals surface area contributed by atoms with E-state index in [-0.39, 0.29) is 22.5 Å². The molecule has 1 unspecified atom stereocenters. The van der Waals surface area contributed by atoms with Crippen LogP contribution < -0.4 is 4.90 Å². The molecule has 25 heavy (non-hydrogen) atoms. The van der Waals surface area contributed by atoms with Gasteiger partial charge in [-0.3, -0.25) is 14.5 Å². The zero-order valence-electron chi connectivity index (χ0n) is 16.8. The molecule has 0 N–H and O–H groups in total. The Morgan fingerprint density at radius 1 is 1.08 bits per heavy atom. The third-order valence-corrected chi connectivity index (χ3v) is 4.34. The zero-order valence-corrected chi connectivity index (χ0v) is 17.6. The highest BCUT2D eigenvalue weighted by atomic mass is 32.2. The third-order valence-electron chi connectivity index (χ3n) is 3.20. The Kier molecular flexibility index (Phi) is 14.0. The van der Waals surface area contributed by atoms with Crippen LogP contribution in [0.4, 0.5) is 5.69 Å². The van der Waals surface area contributed by atoms with Gasteiger partial charge in [-0.25, -0.2) is 0 Å². The van der Waals surface area contributed by atoms with E-state index in [2.05, 4.69) is 0 Å². The van der Waals surface area contributed by atoms with E-state index in [1.54, 1.807) is 30.8 Å². The van der Waals surface area contributed by atoms with Crippen LogP contribution in [0.5, 0.6) is 0 Å². The Bertz CT molecular complexity index is 515. The van der Waals surface area contributed by atoms with Gasteiger partial charge in [-0.05, 0) is 32.2 Å². The maximum atomic E-state index is 11.6. The van der Waals surface area contributed by atoms with Crippen LogP contribution in [0.2, 0.25) is 0 Å². The lowest BCUT2D eigenvalue weighted by molar-refractivity contribution is -0.122. The average Bonchev–Trinajstić information content (AvgIpc) is 2.91. The molecule has 1 heterocycles.